The van der Waals surface area contributed by atoms with Gasteiger partial charge < -0.3 is 0 Å². The Morgan fingerprint density at radius 1 is 1.11 bits per heavy atom. The number of allylic oxidation sites excluding steroid dienone is 5. The summed E-state index contributed by atoms with van der Waals surface area (Å²) in [4.78, 5) is 0. The molecule has 0 aromatic carbocycles. The Hall–Kier alpha value is -0.350. The van der Waals surface area contributed by atoms with Crippen molar-refractivity contribution in [1.29, 1.82) is 0 Å². The summed E-state index contributed by atoms with van der Waals surface area (Å²) in [5, 5.41) is 0. The number of rotatable bonds is 8. The van der Waals surface area contributed by atoms with Crippen LogP contribution in [0.4, 0.5) is 0 Å². The van der Waals surface area contributed by atoms with Crippen LogP contribution >= 0.6 is 7.26 Å². The third-order valence-corrected chi connectivity index (χ3v) is 5.60. The molecule has 0 saturated carbocycles. The summed E-state index contributed by atoms with van der Waals surface area (Å²) in [5.41, 5.74) is 2.05. The number of unbranched alkanes of at least 4 members (excludes halogenated alkanes) is 1. The molecule has 0 aliphatic rings. The predicted octanol–water partition coefficient (Wildman–Crippen LogP) is 5.51. The van der Waals surface area contributed by atoms with E-state index in [1.54, 1.807) is 0 Å². The molecule has 0 bridgehead atoms. The van der Waals surface area contributed by atoms with E-state index in [2.05, 4.69) is 71.6 Å². The molecule has 106 valence electrons. The Morgan fingerprint density at radius 2 is 1.67 bits per heavy atom. The van der Waals surface area contributed by atoms with E-state index in [0.717, 1.165) is 0 Å². The molecule has 1 heteroatoms. The predicted molar refractivity (Wildman–Crippen MR) is 91.7 cm³/mol. The maximum absolute atomic E-state index is 4.33. The number of hydrogen-bond acceptors (Lipinski definition) is 0. The minimum atomic E-state index is -1.20. The van der Waals surface area contributed by atoms with E-state index in [4.69, 9.17) is 0 Å². The van der Waals surface area contributed by atoms with E-state index in [-0.39, 0.29) is 0 Å². The second-order valence-electron chi connectivity index (χ2n) is 6.62. The monoisotopic (exact) mass is 268 g/mol. The van der Waals surface area contributed by atoms with Gasteiger partial charge in [0.25, 0.3) is 0 Å². The first-order chi connectivity index (χ1) is 8.29. The SMILES string of the molecule is C=C(CCCC)C(C=C/C=C\C(C)C)[PH](C)(C)C. The van der Waals surface area contributed by atoms with Crippen molar-refractivity contribution in [2.45, 2.75) is 45.7 Å². The fourth-order valence-corrected chi connectivity index (χ4v) is 4.12. The van der Waals surface area contributed by atoms with Crippen molar-refractivity contribution in [3.63, 3.8) is 0 Å². The molecule has 1 atom stereocenters. The Kier molecular flexibility index (Phi) is 8.53. The Balaban J connectivity index is 4.65. The molecule has 0 nitrogen and oxygen atoms in total. The fourth-order valence-electron chi connectivity index (χ4n) is 2.06. The zero-order valence-corrected chi connectivity index (χ0v) is 14.3. The molecule has 0 radical (unpaired) electrons. The van der Waals surface area contributed by atoms with Crippen LogP contribution in [0.2, 0.25) is 0 Å². The molecular formula is C17H33P. The van der Waals surface area contributed by atoms with Gasteiger partial charge in [-0.2, -0.15) is 0 Å². The Morgan fingerprint density at radius 3 is 2.11 bits per heavy atom. The molecule has 0 amide bonds. The first-order valence-electron chi connectivity index (χ1n) is 7.31. The molecule has 0 aliphatic carbocycles. The standard InChI is InChI=1S/C17H33P/c1-8-9-13-16(4)17(18(5,6)7)14-11-10-12-15(2)3/h10-12,14-15,17-18H,4,8-9,13H2,1-3,5-7H3/b12-10-,14-11?. The summed E-state index contributed by atoms with van der Waals surface area (Å²) in [6.45, 7) is 18.3. The topological polar surface area (TPSA) is 0 Å². The van der Waals surface area contributed by atoms with Gasteiger partial charge >= 0.3 is 115 Å². The molecular weight excluding hydrogens is 235 g/mol. The summed E-state index contributed by atoms with van der Waals surface area (Å²) in [6, 6.07) is 0. The Labute approximate surface area is 116 Å². The molecule has 0 aromatic rings. The van der Waals surface area contributed by atoms with Crippen LogP contribution in [0.5, 0.6) is 0 Å². The molecule has 0 aliphatic heterocycles. The maximum atomic E-state index is 4.33. The van der Waals surface area contributed by atoms with Crippen molar-refractivity contribution < 1.29 is 0 Å². The van der Waals surface area contributed by atoms with Crippen LogP contribution in [0, 0.1) is 5.92 Å². The average Bonchev–Trinajstić information content (AvgIpc) is 2.23. The second kappa shape index (κ2) is 8.70. The van der Waals surface area contributed by atoms with Crippen LogP contribution in [0.15, 0.2) is 36.5 Å². The van der Waals surface area contributed by atoms with Gasteiger partial charge in [-0.05, 0) is 0 Å². The molecule has 18 heavy (non-hydrogen) atoms. The fraction of sp³-hybridized carbons (Fsp3) is 0.647. The van der Waals surface area contributed by atoms with Gasteiger partial charge in [-0.1, -0.05) is 0 Å². The zero-order valence-electron chi connectivity index (χ0n) is 13.3. The first-order valence-corrected chi connectivity index (χ1v) is 10.9. The van der Waals surface area contributed by atoms with Gasteiger partial charge in [0.05, 0.1) is 0 Å². The van der Waals surface area contributed by atoms with E-state index < -0.39 is 7.26 Å². The van der Waals surface area contributed by atoms with E-state index >= 15 is 0 Å². The normalized spacial score (nSPS) is 15.7. The van der Waals surface area contributed by atoms with E-state index in [1.165, 1.54) is 24.8 Å². The van der Waals surface area contributed by atoms with Gasteiger partial charge in [0.2, 0.25) is 0 Å². The van der Waals surface area contributed by atoms with Crippen molar-refractivity contribution in [2.75, 3.05) is 20.0 Å². The molecule has 0 fully saturated rings. The summed E-state index contributed by atoms with van der Waals surface area (Å²) < 4.78 is 0. The van der Waals surface area contributed by atoms with Crippen molar-refractivity contribution >= 4 is 7.26 Å². The van der Waals surface area contributed by atoms with Gasteiger partial charge in [0, 0.05) is 0 Å². The molecule has 0 saturated heterocycles. The summed E-state index contributed by atoms with van der Waals surface area (Å²) in [6.07, 6.45) is 12.7. The van der Waals surface area contributed by atoms with Crippen molar-refractivity contribution in [2.24, 2.45) is 5.92 Å². The van der Waals surface area contributed by atoms with Crippen LogP contribution in [-0.4, -0.2) is 25.7 Å². The zero-order chi connectivity index (χ0) is 14.2. The first kappa shape index (κ1) is 17.6. The third-order valence-electron chi connectivity index (χ3n) is 3.13. The van der Waals surface area contributed by atoms with Crippen LogP contribution in [0.3, 0.4) is 0 Å². The van der Waals surface area contributed by atoms with Gasteiger partial charge in [-0.25, -0.2) is 0 Å². The Bertz CT molecular complexity index is 289. The number of hydrogen-bond donors (Lipinski definition) is 0. The van der Waals surface area contributed by atoms with Crippen LogP contribution < -0.4 is 0 Å². The molecule has 0 N–H and O–H groups in total. The van der Waals surface area contributed by atoms with Crippen LogP contribution in [0.1, 0.15) is 40.0 Å². The van der Waals surface area contributed by atoms with E-state index in [0.29, 0.717) is 11.6 Å². The van der Waals surface area contributed by atoms with Crippen molar-refractivity contribution in [3.05, 3.63) is 36.5 Å². The second-order valence-corrected chi connectivity index (χ2v) is 12.0. The summed E-state index contributed by atoms with van der Waals surface area (Å²) >= 11 is 0. The van der Waals surface area contributed by atoms with Gasteiger partial charge in [-0.3, -0.25) is 0 Å². The van der Waals surface area contributed by atoms with Crippen molar-refractivity contribution in [1.82, 2.24) is 0 Å². The molecule has 0 heterocycles. The summed E-state index contributed by atoms with van der Waals surface area (Å²) in [7, 11) is -1.20. The van der Waals surface area contributed by atoms with Gasteiger partial charge in [0.15, 0.2) is 0 Å². The quantitative estimate of drug-likeness (QED) is 0.309. The average molecular weight is 268 g/mol. The van der Waals surface area contributed by atoms with Crippen molar-refractivity contribution in [3.8, 4) is 0 Å². The molecule has 0 rings (SSSR count). The molecule has 0 spiro atoms. The minimum absolute atomic E-state index is 0.612. The molecule has 1 unspecified atom stereocenters. The molecule has 0 aromatic heterocycles. The van der Waals surface area contributed by atoms with Crippen LogP contribution in [-0.2, 0) is 0 Å². The summed E-state index contributed by atoms with van der Waals surface area (Å²) in [5.74, 6) is 0.628. The van der Waals surface area contributed by atoms with Crippen LogP contribution in [0.25, 0.3) is 0 Å². The third kappa shape index (κ3) is 7.88. The van der Waals surface area contributed by atoms with Gasteiger partial charge in [-0.15, -0.1) is 0 Å². The van der Waals surface area contributed by atoms with E-state index in [9.17, 15) is 0 Å². The van der Waals surface area contributed by atoms with Gasteiger partial charge in [0.1, 0.15) is 0 Å². The van der Waals surface area contributed by atoms with E-state index in [1.807, 2.05) is 0 Å².